The largest absolute Gasteiger partial charge is 0.507 e. The molecule has 0 saturated carbocycles. The summed E-state index contributed by atoms with van der Waals surface area (Å²) in [5.74, 6) is -7.88. The van der Waals surface area contributed by atoms with Gasteiger partial charge in [-0.25, -0.2) is 4.79 Å². The van der Waals surface area contributed by atoms with E-state index in [2.05, 4.69) is 0 Å². The predicted octanol–water partition coefficient (Wildman–Crippen LogP) is 6.41. The molecule has 2 atom stereocenters. The van der Waals surface area contributed by atoms with E-state index in [-0.39, 0.29) is 46.3 Å². The molecule has 0 bridgehead atoms. The van der Waals surface area contributed by atoms with Crippen molar-refractivity contribution in [3.63, 3.8) is 0 Å². The van der Waals surface area contributed by atoms with Crippen LogP contribution in [-0.2, 0) is 11.2 Å². The van der Waals surface area contributed by atoms with Crippen molar-refractivity contribution in [2.75, 3.05) is 13.7 Å². The summed E-state index contributed by atoms with van der Waals surface area (Å²) in [4.78, 5) is 38.7. The molecule has 0 radical (unpaired) electrons. The summed E-state index contributed by atoms with van der Waals surface area (Å²) in [6.45, 7) is 3.56. The highest BCUT2D eigenvalue weighted by atomic mass is 32.1. The lowest BCUT2D eigenvalue weighted by atomic mass is 9.87. The van der Waals surface area contributed by atoms with Gasteiger partial charge in [0.15, 0.2) is 11.2 Å². The van der Waals surface area contributed by atoms with Gasteiger partial charge in [-0.05, 0) is 57.2 Å². The Hall–Kier alpha value is -4.17. The molecule has 2 aromatic rings. The van der Waals surface area contributed by atoms with Crippen molar-refractivity contribution < 1.29 is 55.6 Å². The predicted molar refractivity (Wildman–Crippen MR) is 180 cm³/mol. The Kier molecular flexibility index (Phi) is 14.2. The number of ketones is 1. The van der Waals surface area contributed by atoms with Gasteiger partial charge >= 0.3 is 18.1 Å². The van der Waals surface area contributed by atoms with Crippen molar-refractivity contribution in [3.05, 3.63) is 79.7 Å². The first-order valence-corrected chi connectivity index (χ1v) is 16.4. The second-order valence-corrected chi connectivity index (χ2v) is 12.2. The lowest BCUT2D eigenvalue weighted by Crippen LogP contribution is -2.46. The summed E-state index contributed by atoms with van der Waals surface area (Å²) in [6.07, 6.45) is 1.08. The molecule has 1 heterocycles. The summed E-state index contributed by atoms with van der Waals surface area (Å²) in [7, 11) is 1.04. The van der Waals surface area contributed by atoms with Gasteiger partial charge in [-0.2, -0.15) is 22.0 Å². The number of hydrogen-bond acceptors (Lipinski definition) is 9. The molecule has 3 rings (SSSR count). The number of benzene rings is 1. The molecule has 8 nitrogen and oxygen atoms in total. The Bertz CT molecular complexity index is 1810. The third-order valence-electron chi connectivity index (χ3n) is 7.99. The minimum absolute atomic E-state index is 0.00798. The standard InChI is InChI=1S/C36H39F5O8S/c1-4-11-25-28(17-16-23(21(2)42)31(25)44)48-19-9-7-5-6-8-12-24(27(43)13-10-18-35(37,38)36(39,40)41)30-32(45)26-15-14-22(50)20-29(26)49-33(30)34(46)47-3/h5-6,8,12,15-17,20,24,27,43-44H,4,7,9-11,13-14,18-19H2,1-3H3/b6-5-,12-8+/t24-,27-/m1/s1. The van der Waals surface area contributed by atoms with Crippen LogP contribution in [0, 0.1) is 0 Å². The van der Waals surface area contributed by atoms with Crippen LogP contribution in [0.3, 0.4) is 0 Å². The van der Waals surface area contributed by atoms with Gasteiger partial charge in [0.05, 0.1) is 36.2 Å². The first kappa shape index (κ1) is 40.3. The number of aliphatic hydroxyl groups is 1. The summed E-state index contributed by atoms with van der Waals surface area (Å²) in [6, 6.07) is 3.14. The minimum atomic E-state index is -5.77. The third-order valence-corrected chi connectivity index (χ3v) is 8.28. The van der Waals surface area contributed by atoms with Gasteiger partial charge in [-0.3, -0.25) is 9.59 Å². The Morgan fingerprint density at radius 3 is 2.50 bits per heavy atom. The fourth-order valence-corrected chi connectivity index (χ4v) is 5.57. The van der Waals surface area contributed by atoms with Gasteiger partial charge in [0.2, 0.25) is 5.76 Å². The molecule has 14 heteroatoms. The van der Waals surface area contributed by atoms with Gasteiger partial charge < -0.3 is 24.1 Å². The zero-order chi connectivity index (χ0) is 37.2. The SMILES string of the molecule is CCCc1c(OCCC/C=C\C=C\[C@@H](c2c(C(=O)OC)oc3c(c2=O)=CCC(=S)C=3)[C@H](O)CCCC(F)(F)C(F)(F)F)ccc(C(C)=O)c1O. The summed E-state index contributed by atoms with van der Waals surface area (Å²) < 4.78 is 81.7. The van der Waals surface area contributed by atoms with E-state index in [4.69, 9.17) is 26.1 Å². The van der Waals surface area contributed by atoms with Crippen LogP contribution in [-0.4, -0.2) is 58.7 Å². The molecule has 272 valence electrons. The van der Waals surface area contributed by atoms with E-state index < -0.39 is 60.5 Å². The highest BCUT2D eigenvalue weighted by Crippen LogP contribution is 2.40. The maximum absolute atomic E-state index is 13.7. The number of unbranched alkanes of at least 4 members (excludes halogenated alkanes) is 1. The topological polar surface area (TPSA) is 123 Å². The number of aromatic hydroxyl groups is 1. The molecule has 1 aromatic heterocycles. The van der Waals surface area contributed by atoms with E-state index in [1.165, 1.54) is 37.3 Å². The number of carbonyl (C=O) groups is 2. The zero-order valence-corrected chi connectivity index (χ0v) is 28.6. The normalized spacial score (nSPS) is 14.6. The van der Waals surface area contributed by atoms with Crippen molar-refractivity contribution >= 4 is 41.0 Å². The highest BCUT2D eigenvalue weighted by molar-refractivity contribution is 7.81. The molecule has 0 aliphatic heterocycles. The molecule has 0 unspecified atom stereocenters. The first-order chi connectivity index (χ1) is 23.5. The van der Waals surface area contributed by atoms with Crippen LogP contribution in [0.1, 0.15) is 96.8 Å². The molecular weight excluding hydrogens is 687 g/mol. The fourth-order valence-electron chi connectivity index (χ4n) is 5.38. The number of allylic oxidation sites excluding steroid dienone is 3. The molecule has 0 fully saturated rings. The number of hydrogen-bond donors (Lipinski definition) is 2. The van der Waals surface area contributed by atoms with Crippen molar-refractivity contribution in [1.82, 2.24) is 0 Å². The lowest BCUT2D eigenvalue weighted by molar-refractivity contribution is -0.284. The average molecular weight is 727 g/mol. The van der Waals surface area contributed by atoms with Gasteiger partial charge in [0, 0.05) is 29.2 Å². The number of Topliss-reactive ketones (excluding diaryl/α,β-unsaturated/α-hetero) is 1. The molecule has 2 N–H and O–H groups in total. The average Bonchev–Trinajstić information content (AvgIpc) is 3.04. The van der Waals surface area contributed by atoms with E-state index in [0.29, 0.717) is 35.4 Å². The molecule has 50 heavy (non-hydrogen) atoms. The molecular formula is C36H39F5O8S. The molecule has 1 aliphatic carbocycles. The van der Waals surface area contributed by atoms with Gasteiger partial charge in [-0.15, -0.1) is 0 Å². The number of rotatable bonds is 17. The second kappa shape index (κ2) is 17.7. The number of esters is 1. The van der Waals surface area contributed by atoms with E-state index in [1.54, 1.807) is 18.2 Å². The number of phenols is 1. The van der Waals surface area contributed by atoms with E-state index in [1.807, 2.05) is 6.92 Å². The monoisotopic (exact) mass is 726 g/mol. The Morgan fingerprint density at radius 2 is 1.86 bits per heavy atom. The number of phenolic OH excluding ortho intramolecular Hbond substituents is 1. The zero-order valence-electron chi connectivity index (χ0n) is 27.8. The maximum Gasteiger partial charge on any atom is 0.453 e. The minimum Gasteiger partial charge on any atom is -0.507 e. The molecule has 0 saturated heterocycles. The smallest absolute Gasteiger partial charge is 0.453 e. The number of carbonyl (C=O) groups excluding carboxylic acids is 2. The summed E-state index contributed by atoms with van der Waals surface area (Å²) in [5, 5.41) is 21.7. The number of halogens is 5. The van der Waals surface area contributed by atoms with Crippen LogP contribution in [0.15, 0.2) is 45.6 Å². The van der Waals surface area contributed by atoms with Crippen molar-refractivity contribution in [3.8, 4) is 11.5 Å². The van der Waals surface area contributed by atoms with Crippen molar-refractivity contribution in [2.24, 2.45) is 0 Å². The maximum atomic E-state index is 13.7. The second-order valence-electron chi connectivity index (χ2n) is 11.7. The summed E-state index contributed by atoms with van der Waals surface area (Å²) in [5.41, 5.74) is -0.313. The number of ether oxygens (including phenoxy) is 2. The van der Waals surface area contributed by atoms with Gasteiger partial charge in [-0.1, -0.05) is 55.9 Å². The lowest BCUT2D eigenvalue weighted by Gasteiger charge is -2.23. The van der Waals surface area contributed by atoms with Crippen molar-refractivity contribution in [2.45, 2.75) is 89.3 Å². The number of alkyl halides is 5. The van der Waals surface area contributed by atoms with Gasteiger partial charge in [0.25, 0.3) is 0 Å². The van der Waals surface area contributed by atoms with E-state index >= 15 is 0 Å². The number of methoxy groups -OCH3 is 1. The van der Waals surface area contributed by atoms with Crippen molar-refractivity contribution in [1.29, 1.82) is 0 Å². The molecule has 0 spiro atoms. The Morgan fingerprint density at radius 1 is 1.14 bits per heavy atom. The summed E-state index contributed by atoms with van der Waals surface area (Å²) >= 11 is 5.17. The quantitative estimate of drug-likeness (QED) is 0.0476. The fraction of sp³-hybridized carbons (Fsp3) is 0.444. The van der Waals surface area contributed by atoms with Crippen LogP contribution < -0.4 is 20.8 Å². The Labute approximate surface area is 290 Å². The van der Waals surface area contributed by atoms with E-state index in [0.717, 1.165) is 13.5 Å². The highest BCUT2D eigenvalue weighted by Gasteiger charge is 2.56. The Balaban J connectivity index is 1.83. The number of aliphatic hydroxyl groups excluding tert-OH is 1. The number of fused-ring (bicyclic) bond motifs is 1. The van der Waals surface area contributed by atoms with Crippen LogP contribution in [0.2, 0.25) is 0 Å². The number of thiocarbonyl (C=S) groups is 1. The first-order valence-electron chi connectivity index (χ1n) is 16.0. The van der Waals surface area contributed by atoms with Crippen LogP contribution in [0.4, 0.5) is 22.0 Å². The van der Waals surface area contributed by atoms with Crippen LogP contribution in [0.5, 0.6) is 11.5 Å². The molecule has 0 amide bonds. The van der Waals surface area contributed by atoms with Gasteiger partial charge in [0.1, 0.15) is 16.9 Å². The molecule has 1 aromatic carbocycles. The van der Waals surface area contributed by atoms with Crippen LogP contribution in [0.25, 0.3) is 12.2 Å². The van der Waals surface area contributed by atoms with Crippen LogP contribution >= 0.6 is 12.2 Å². The third kappa shape index (κ3) is 9.96. The van der Waals surface area contributed by atoms with E-state index in [9.17, 15) is 46.5 Å². The molecule has 1 aliphatic rings.